The van der Waals surface area contributed by atoms with Crippen LogP contribution in [0, 0.1) is 0 Å². The zero-order valence-electron chi connectivity index (χ0n) is 8.75. The molecule has 0 saturated carbocycles. The van der Waals surface area contributed by atoms with Crippen LogP contribution in [0.4, 0.5) is 0 Å². The highest BCUT2D eigenvalue weighted by Gasteiger charge is 2.10. The monoisotopic (exact) mass is 233 g/mol. The minimum Gasteiger partial charge on any atom is -0.493 e. The van der Waals surface area contributed by atoms with Crippen LogP contribution >= 0.6 is 12.2 Å². The minimum absolute atomic E-state index is 0.331. The van der Waals surface area contributed by atoms with Crippen LogP contribution in [0.2, 0.25) is 0 Å². The summed E-state index contributed by atoms with van der Waals surface area (Å²) in [5, 5.41) is 0. The van der Waals surface area contributed by atoms with E-state index in [9.17, 15) is 0 Å². The second-order valence-corrected chi connectivity index (χ2v) is 3.60. The van der Waals surface area contributed by atoms with E-state index in [0.717, 1.165) is 5.69 Å². The van der Waals surface area contributed by atoms with Gasteiger partial charge in [-0.15, -0.1) is 0 Å². The lowest BCUT2D eigenvalue weighted by atomic mass is 10.4. The van der Waals surface area contributed by atoms with Gasteiger partial charge in [0.1, 0.15) is 4.99 Å². The summed E-state index contributed by atoms with van der Waals surface area (Å²) in [6, 6.07) is 7.36. The van der Waals surface area contributed by atoms with Crippen LogP contribution in [0.1, 0.15) is 5.69 Å². The molecule has 0 aliphatic heterocycles. The first-order chi connectivity index (χ1) is 7.74. The fraction of sp³-hybridized carbons (Fsp3) is 0.0909. The Labute approximate surface area is 98.7 Å². The largest absolute Gasteiger partial charge is 0.493 e. The molecule has 4 nitrogen and oxygen atoms in total. The molecule has 2 aromatic heterocycles. The molecule has 2 aromatic rings. The average Bonchev–Trinajstić information content (AvgIpc) is 2.77. The topological polar surface area (TPSA) is 53.1 Å². The Bertz CT molecular complexity index is 521. The predicted molar refractivity (Wildman–Crippen MR) is 66.0 cm³/mol. The summed E-state index contributed by atoms with van der Waals surface area (Å²) in [7, 11) is 1.60. The molecular weight excluding hydrogens is 222 g/mol. The van der Waals surface area contributed by atoms with E-state index >= 15 is 0 Å². The number of methoxy groups -OCH3 is 1. The maximum absolute atomic E-state index is 5.63. The fourth-order valence-corrected chi connectivity index (χ4v) is 1.66. The molecule has 5 heteroatoms. The van der Waals surface area contributed by atoms with Crippen molar-refractivity contribution in [2.75, 3.05) is 7.11 Å². The highest BCUT2D eigenvalue weighted by Crippen LogP contribution is 2.21. The Hall–Kier alpha value is -1.88. The minimum atomic E-state index is 0.331. The molecule has 2 N–H and O–H groups in total. The smallest absolute Gasteiger partial charge is 0.180 e. The van der Waals surface area contributed by atoms with E-state index in [4.69, 9.17) is 22.7 Å². The Morgan fingerprint density at radius 3 is 2.94 bits per heavy atom. The van der Waals surface area contributed by atoms with Crippen molar-refractivity contribution < 1.29 is 4.74 Å². The predicted octanol–water partition coefficient (Wildman–Crippen LogP) is 1.52. The molecule has 0 spiro atoms. The van der Waals surface area contributed by atoms with Crippen molar-refractivity contribution in [2.45, 2.75) is 0 Å². The zero-order chi connectivity index (χ0) is 11.5. The van der Waals surface area contributed by atoms with Crippen molar-refractivity contribution in [3.63, 3.8) is 0 Å². The van der Waals surface area contributed by atoms with Gasteiger partial charge in [-0.2, -0.15) is 0 Å². The molecule has 2 rings (SSSR count). The molecule has 0 fully saturated rings. The van der Waals surface area contributed by atoms with Gasteiger partial charge in [-0.25, -0.2) is 4.98 Å². The van der Waals surface area contributed by atoms with E-state index in [1.165, 1.54) is 0 Å². The van der Waals surface area contributed by atoms with Gasteiger partial charge in [-0.1, -0.05) is 12.2 Å². The second kappa shape index (κ2) is 4.32. The first kappa shape index (κ1) is 10.6. The van der Waals surface area contributed by atoms with Gasteiger partial charge < -0.3 is 10.5 Å². The summed E-state index contributed by atoms with van der Waals surface area (Å²) in [6.45, 7) is 0. The van der Waals surface area contributed by atoms with E-state index in [1.807, 2.05) is 30.5 Å². The van der Waals surface area contributed by atoms with Crippen LogP contribution < -0.4 is 10.5 Å². The number of hydrogen-bond acceptors (Lipinski definition) is 3. The third kappa shape index (κ3) is 1.77. The first-order valence-corrected chi connectivity index (χ1v) is 5.11. The molecule has 0 saturated heterocycles. The van der Waals surface area contributed by atoms with Crippen molar-refractivity contribution in [3.05, 3.63) is 42.4 Å². The standard InChI is InChI=1S/C11H11N3OS/c1-15-9-5-2-6-13-11(9)14-7-3-4-8(14)10(12)16/h2-7H,1H3,(H2,12,16). The highest BCUT2D eigenvalue weighted by molar-refractivity contribution is 7.80. The van der Waals surface area contributed by atoms with Gasteiger partial charge in [0.25, 0.3) is 0 Å². The van der Waals surface area contributed by atoms with E-state index in [0.29, 0.717) is 16.6 Å². The van der Waals surface area contributed by atoms with Gasteiger partial charge in [-0.05, 0) is 24.3 Å². The number of aromatic nitrogens is 2. The van der Waals surface area contributed by atoms with E-state index in [-0.39, 0.29) is 0 Å². The molecule has 0 bridgehead atoms. The van der Waals surface area contributed by atoms with Gasteiger partial charge in [0.15, 0.2) is 11.6 Å². The quantitative estimate of drug-likeness (QED) is 0.817. The van der Waals surface area contributed by atoms with Crippen LogP contribution in [-0.2, 0) is 0 Å². The number of pyridine rings is 1. The van der Waals surface area contributed by atoms with Gasteiger partial charge >= 0.3 is 0 Å². The van der Waals surface area contributed by atoms with Crippen molar-refractivity contribution in [3.8, 4) is 11.6 Å². The maximum Gasteiger partial charge on any atom is 0.180 e. The third-order valence-corrected chi connectivity index (χ3v) is 2.41. The molecule has 0 aliphatic rings. The van der Waals surface area contributed by atoms with Crippen LogP contribution in [0.15, 0.2) is 36.7 Å². The van der Waals surface area contributed by atoms with E-state index in [2.05, 4.69) is 4.98 Å². The summed E-state index contributed by atoms with van der Waals surface area (Å²) in [5.74, 6) is 1.36. The zero-order valence-corrected chi connectivity index (χ0v) is 9.57. The molecule has 82 valence electrons. The Kier molecular flexibility index (Phi) is 2.87. The van der Waals surface area contributed by atoms with Gasteiger partial charge in [0.2, 0.25) is 0 Å². The number of rotatable bonds is 3. The van der Waals surface area contributed by atoms with Crippen molar-refractivity contribution in [1.82, 2.24) is 9.55 Å². The average molecular weight is 233 g/mol. The summed E-state index contributed by atoms with van der Waals surface area (Å²) in [4.78, 5) is 4.59. The molecule has 0 atom stereocenters. The van der Waals surface area contributed by atoms with Crippen LogP contribution in [-0.4, -0.2) is 21.6 Å². The SMILES string of the molecule is COc1cccnc1-n1cccc1C(N)=S. The summed E-state index contributed by atoms with van der Waals surface area (Å²) < 4.78 is 7.04. The first-order valence-electron chi connectivity index (χ1n) is 4.70. The Morgan fingerprint density at radius 1 is 1.44 bits per heavy atom. The Morgan fingerprint density at radius 2 is 2.25 bits per heavy atom. The van der Waals surface area contributed by atoms with Crippen LogP contribution in [0.5, 0.6) is 5.75 Å². The van der Waals surface area contributed by atoms with Crippen molar-refractivity contribution >= 4 is 17.2 Å². The van der Waals surface area contributed by atoms with Gasteiger partial charge in [-0.3, -0.25) is 4.57 Å². The van der Waals surface area contributed by atoms with Gasteiger partial charge in [0, 0.05) is 12.4 Å². The number of nitrogens with two attached hydrogens (primary N) is 1. The van der Waals surface area contributed by atoms with Gasteiger partial charge in [0.05, 0.1) is 12.8 Å². The Balaban J connectivity index is 2.58. The summed E-state index contributed by atoms with van der Waals surface area (Å²) >= 11 is 4.97. The number of nitrogens with zero attached hydrogens (tertiary/aromatic N) is 2. The normalized spacial score (nSPS) is 10.1. The number of hydrogen-bond donors (Lipinski definition) is 1. The fourth-order valence-electron chi connectivity index (χ4n) is 1.49. The van der Waals surface area contributed by atoms with Crippen molar-refractivity contribution in [1.29, 1.82) is 0 Å². The molecule has 0 radical (unpaired) electrons. The van der Waals surface area contributed by atoms with Crippen molar-refractivity contribution in [2.24, 2.45) is 5.73 Å². The lowest BCUT2D eigenvalue weighted by molar-refractivity contribution is 0.410. The molecule has 0 unspecified atom stereocenters. The van der Waals surface area contributed by atoms with Crippen LogP contribution in [0.25, 0.3) is 5.82 Å². The van der Waals surface area contributed by atoms with E-state index < -0.39 is 0 Å². The molecule has 0 amide bonds. The maximum atomic E-state index is 5.63. The third-order valence-electron chi connectivity index (χ3n) is 2.20. The second-order valence-electron chi connectivity index (χ2n) is 3.16. The molecular formula is C11H11N3OS. The number of ether oxygens (including phenoxy) is 1. The lowest BCUT2D eigenvalue weighted by Crippen LogP contribution is -2.15. The molecule has 16 heavy (non-hydrogen) atoms. The molecule has 0 aromatic carbocycles. The lowest BCUT2D eigenvalue weighted by Gasteiger charge is -2.10. The summed E-state index contributed by atoms with van der Waals surface area (Å²) in [6.07, 6.45) is 3.54. The molecule has 2 heterocycles. The molecule has 0 aliphatic carbocycles. The number of thiocarbonyl (C=S) groups is 1. The van der Waals surface area contributed by atoms with Crippen LogP contribution in [0.3, 0.4) is 0 Å². The summed E-state index contributed by atoms with van der Waals surface area (Å²) in [5.41, 5.74) is 6.37. The van der Waals surface area contributed by atoms with E-state index in [1.54, 1.807) is 17.9 Å². The highest BCUT2D eigenvalue weighted by atomic mass is 32.1.